The third-order valence-corrected chi connectivity index (χ3v) is 0.746. The van der Waals surface area contributed by atoms with Gasteiger partial charge < -0.3 is 0 Å². The molecule has 1 unspecified atom stereocenters. The molecular formula is C2H5FOP+. The van der Waals surface area contributed by atoms with E-state index in [2.05, 4.69) is 0 Å². The predicted molar refractivity (Wildman–Crippen MR) is 19.3 cm³/mol. The maximum atomic E-state index is 10.9. The SMILES string of the molecule is CC[P+](=O)F. The fourth-order valence-corrected chi connectivity index (χ4v) is 0. The molecule has 0 bridgehead atoms. The van der Waals surface area contributed by atoms with E-state index in [-0.39, 0.29) is 6.16 Å². The zero-order chi connectivity index (χ0) is 4.28. The first kappa shape index (κ1) is 5.03. The van der Waals surface area contributed by atoms with Gasteiger partial charge in [-0.2, -0.15) is 0 Å². The molecule has 0 amide bonds. The first-order valence-corrected chi connectivity index (χ1v) is 2.71. The van der Waals surface area contributed by atoms with E-state index >= 15 is 0 Å². The summed E-state index contributed by atoms with van der Waals surface area (Å²) in [7, 11) is -2.35. The first-order chi connectivity index (χ1) is 2.27. The van der Waals surface area contributed by atoms with Gasteiger partial charge in [-0.25, -0.2) is 0 Å². The molecule has 0 saturated carbocycles. The van der Waals surface area contributed by atoms with Crippen molar-refractivity contribution in [3.8, 4) is 0 Å². The summed E-state index contributed by atoms with van der Waals surface area (Å²) in [5.41, 5.74) is 0. The summed E-state index contributed by atoms with van der Waals surface area (Å²) in [5, 5.41) is 0. The van der Waals surface area contributed by atoms with Crippen LogP contribution in [-0.2, 0) is 4.57 Å². The summed E-state index contributed by atoms with van der Waals surface area (Å²) in [4.78, 5) is 0. The molecular weight excluding hydrogens is 90.0 g/mol. The highest BCUT2D eigenvalue weighted by atomic mass is 31.1. The number of hydrogen-bond donors (Lipinski definition) is 0. The van der Waals surface area contributed by atoms with Crippen molar-refractivity contribution in [3.05, 3.63) is 0 Å². The largest absolute Gasteiger partial charge is 0.557 e. The number of halogens is 1. The minimum absolute atomic E-state index is 0.148. The molecule has 0 aromatic rings. The highest BCUT2D eigenvalue weighted by molar-refractivity contribution is 7.38. The highest BCUT2D eigenvalue weighted by Crippen LogP contribution is 2.18. The molecule has 5 heavy (non-hydrogen) atoms. The lowest BCUT2D eigenvalue weighted by Gasteiger charge is -1.47. The average molecular weight is 95.0 g/mol. The smallest absolute Gasteiger partial charge is 0.0285 e. The Balaban J connectivity index is 2.85. The van der Waals surface area contributed by atoms with Gasteiger partial charge in [-0.3, -0.25) is 0 Å². The van der Waals surface area contributed by atoms with Gasteiger partial charge in [0.05, 0.1) is 4.20 Å². The van der Waals surface area contributed by atoms with Crippen molar-refractivity contribution < 1.29 is 8.76 Å². The van der Waals surface area contributed by atoms with E-state index < -0.39 is 8.11 Å². The van der Waals surface area contributed by atoms with Crippen LogP contribution in [0.2, 0.25) is 0 Å². The summed E-state index contributed by atoms with van der Waals surface area (Å²) < 4.78 is 20.2. The molecule has 0 spiro atoms. The molecule has 0 radical (unpaired) electrons. The molecule has 0 aromatic carbocycles. The minimum Gasteiger partial charge on any atom is -0.0285 e. The molecule has 0 saturated heterocycles. The second kappa shape index (κ2) is 2.28. The normalized spacial score (nSPS) is 11.2. The van der Waals surface area contributed by atoms with Crippen molar-refractivity contribution in [2.45, 2.75) is 6.92 Å². The van der Waals surface area contributed by atoms with Crippen LogP contribution in [0.1, 0.15) is 6.92 Å². The van der Waals surface area contributed by atoms with Crippen molar-refractivity contribution >= 4 is 8.11 Å². The Labute approximate surface area is 31.1 Å². The van der Waals surface area contributed by atoms with Crippen LogP contribution >= 0.6 is 8.11 Å². The molecule has 1 atom stereocenters. The molecule has 30 valence electrons. The Morgan fingerprint density at radius 3 is 2.20 bits per heavy atom. The molecule has 0 aliphatic rings. The van der Waals surface area contributed by atoms with Crippen LogP contribution in [-0.4, -0.2) is 6.16 Å². The fourth-order valence-electron chi connectivity index (χ4n) is 0. The topological polar surface area (TPSA) is 17.1 Å². The van der Waals surface area contributed by atoms with E-state index in [1.54, 1.807) is 6.92 Å². The van der Waals surface area contributed by atoms with Crippen LogP contribution in [0.4, 0.5) is 4.20 Å². The van der Waals surface area contributed by atoms with E-state index in [0.29, 0.717) is 0 Å². The second-order valence-electron chi connectivity index (χ2n) is 0.634. The van der Waals surface area contributed by atoms with Crippen molar-refractivity contribution in [2.24, 2.45) is 0 Å². The summed E-state index contributed by atoms with van der Waals surface area (Å²) >= 11 is 0. The molecule has 3 heteroatoms. The van der Waals surface area contributed by atoms with Gasteiger partial charge in [-0.1, -0.05) is 0 Å². The van der Waals surface area contributed by atoms with Gasteiger partial charge in [-0.15, -0.1) is 0 Å². The van der Waals surface area contributed by atoms with Gasteiger partial charge >= 0.3 is 8.11 Å². The van der Waals surface area contributed by atoms with E-state index in [4.69, 9.17) is 0 Å². The molecule has 0 heterocycles. The summed E-state index contributed by atoms with van der Waals surface area (Å²) in [6.45, 7) is 1.54. The lowest BCUT2D eigenvalue weighted by molar-refractivity contribution is 0.560. The minimum atomic E-state index is -2.35. The maximum Gasteiger partial charge on any atom is 0.557 e. The Kier molecular flexibility index (Phi) is 2.29. The zero-order valence-electron chi connectivity index (χ0n) is 2.94. The quantitative estimate of drug-likeness (QED) is 0.453. The molecule has 1 nitrogen and oxygen atoms in total. The van der Waals surface area contributed by atoms with Crippen molar-refractivity contribution in [1.29, 1.82) is 0 Å². The summed E-state index contributed by atoms with van der Waals surface area (Å²) in [5.74, 6) is 0. The Hall–Kier alpha value is 0.0300. The zero-order valence-corrected chi connectivity index (χ0v) is 3.83. The highest BCUT2D eigenvalue weighted by Gasteiger charge is 2.04. The molecule has 0 N–H and O–H groups in total. The van der Waals surface area contributed by atoms with Crippen LogP contribution in [0.15, 0.2) is 0 Å². The third kappa shape index (κ3) is 4.03. The maximum absolute atomic E-state index is 10.9. The van der Waals surface area contributed by atoms with Gasteiger partial charge in [0.2, 0.25) is 0 Å². The monoisotopic (exact) mass is 95.0 g/mol. The average Bonchev–Trinajstić information content (AvgIpc) is 1.38. The van der Waals surface area contributed by atoms with Crippen LogP contribution < -0.4 is 0 Å². The molecule has 0 rings (SSSR count). The second-order valence-corrected chi connectivity index (χ2v) is 1.90. The van der Waals surface area contributed by atoms with Crippen LogP contribution in [0.5, 0.6) is 0 Å². The lowest BCUT2D eigenvalue weighted by Crippen LogP contribution is -1.49. The van der Waals surface area contributed by atoms with E-state index in [1.807, 2.05) is 0 Å². The van der Waals surface area contributed by atoms with Gasteiger partial charge in [0, 0.05) is 0 Å². The third-order valence-electron chi connectivity index (χ3n) is 0.249. The van der Waals surface area contributed by atoms with E-state index in [0.717, 1.165) is 0 Å². The van der Waals surface area contributed by atoms with Crippen molar-refractivity contribution in [2.75, 3.05) is 6.16 Å². The number of rotatable bonds is 1. The lowest BCUT2D eigenvalue weighted by atomic mass is 11.0. The standard InChI is InChI=1S/C2H5FOP/c1-2-5(3)4/h2H2,1H3/q+1. The van der Waals surface area contributed by atoms with Crippen LogP contribution in [0.25, 0.3) is 0 Å². The fraction of sp³-hybridized carbons (Fsp3) is 1.00. The van der Waals surface area contributed by atoms with Gasteiger partial charge in [0.1, 0.15) is 0 Å². The molecule has 0 aliphatic carbocycles. The summed E-state index contributed by atoms with van der Waals surface area (Å²) in [6, 6.07) is 0. The molecule has 0 aliphatic heterocycles. The van der Waals surface area contributed by atoms with Crippen molar-refractivity contribution in [3.63, 3.8) is 0 Å². The van der Waals surface area contributed by atoms with Gasteiger partial charge in [0.25, 0.3) is 0 Å². The van der Waals surface area contributed by atoms with E-state index in [9.17, 15) is 8.76 Å². The van der Waals surface area contributed by atoms with Gasteiger partial charge in [-0.05, 0) is 11.5 Å². The van der Waals surface area contributed by atoms with E-state index in [1.165, 1.54) is 0 Å². The van der Waals surface area contributed by atoms with Crippen LogP contribution in [0, 0.1) is 0 Å². The predicted octanol–water partition coefficient (Wildman–Crippen LogP) is 1.72. The Morgan fingerprint density at radius 2 is 2.20 bits per heavy atom. The van der Waals surface area contributed by atoms with Crippen molar-refractivity contribution in [1.82, 2.24) is 0 Å². The first-order valence-electron chi connectivity index (χ1n) is 1.37. The Morgan fingerprint density at radius 1 is 2.00 bits per heavy atom. The van der Waals surface area contributed by atoms with Gasteiger partial charge in [0.15, 0.2) is 6.16 Å². The Bertz CT molecular complexity index is 44.9. The molecule has 0 aromatic heterocycles. The summed E-state index contributed by atoms with van der Waals surface area (Å²) in [6.07, 6.45) is 0.148. The number of hydrogen-bond acceptors (Lipinski definition) is 1. The van der Waals surface area contributed by atoms with Crippen LogP contribution in [0.3, 0.4) is 0 Å². The molecule has 0 fully saturated rings.